The summed E-state index contributed by atoms with van der Waals surface area (Å²) in [5.74, 6) is 0.692. The Labute approximate surface area is 121 Å². The van der Waals surface area contributed by atoms with Crippen LogP contribution in [0.3, 0.4) is 0 Å². The smallest absolute Gasteiger partial charge is 0.0992 e. The molecule has 0 bridgehead atoms. The van der Waals surface area contributed by atoms with Gasteiger partial charge in [0.2, 0.25) is 0 Å². The molecule has 1 aromatic carbocycles. The van der Waals surface area contributed by atoms with E-state index in [1.807, 2.05) is 12.1 Å². The second kappa shape index (κ2) is 9.35. The van der Waals surface area contributed by atoms with Gasteiger partial charge in [-0.25, -0.2) is 0 Å². The second-order valence-corrected chi connectivity index (χ2v) is 5.34. The van der Waals surface area contributed by atoms with Crippen molar-refractivity contribution in [3.05, 3.63) is 29.8 Å². The first kappa shape index (κ1) is 16.5. The Bertz CT molecular complexity index is 427. The number of hydrogen-bond acceptors (Lipinski definition) is 4. The van der Waals surface area contributed by atoms with E-state index in [4.69, 9.17) is 10.00 Å². The number of ether oxygens (including phenoxy) is 1. The summed E-state index contributed by atoms with van der Waals surface area (Å²) in [7, 11) is 0. The maximum atomic E-state index is 9.79. The van der Waals surface area contributed by atoms with E-state index in [9.17, 15) is 5.11 Å². The van der Waals surface area contributed by atoms with Gasteiger partial charge in [0.1, 0.15) is 0 Å². The molecular formula is C16H24N2O2. The Morgan fingerprint density at radius 1 is 1.40 bits per heavy atom. The zero-order chi connectivity index (χ0) is 14.8. The third-order valence-electron chi connectivity index (χ3n) is 2.91. The van der Waals surface area contributed by atoms with Crippen molar-refractivity contribution < 1.29 is 9.84 Å². The molecule has 0 heterocycles. The standard InChI is InChI=1S/C16H24N2O2/c1-13(2)5-4-8-20-12-16(19)11-18-15-7-3-6-14(9-15)10-17/h3,6-7,9,13,16,18-19H,4-5,8,11-12H2,1-2H3. The van der Waals surface area contributed by atoms with Gasteiger partial charge in [0.15, 0.2) is 0 Å². The summed E-state index contributed by atoms with van der Waals surface area (Å²) in [6, 6.07) is 9.28. The van der Waals surface area contributed by atoms with Gasteiger partial charge in [-0.2, -0.15) is 5.26 Å². The number of nitrogens with one attached hydrogen (secondary N) is 1. The SMILES string of the molecule is CC(C)CCCOCC(O)CNc1cccc(C#N)c1. The van der Waals surface area contributed by atoms with Crippen molar-refractivity contribution in [2.75, 3.05) is 25.1 Å². The van der Waals surface area contributed by atoms with E-state index in [0.29, 0.717) is 31.2 Å². The molecule has 0 aliphatic rings. The zero-order valence-corrected chi connectivity index (χ0v) is 12.3. The molecule has 1 atom stereocenters. The summed E-state index contributed by atoms with van der Waals surface area (Å²) in [4.78, 5) is 0. The minimum Gasteiger partial charge on any atom is -0.389 e. The summed E-state index contributed by atoms with van der Waals surface area (Å²) < 4.78 is 5.44. The molecule has 4 heteroatoms. The van der Waals surface area contributed by atoms with E-state index >= 15 is 0 Å². The normalized spacial score (nSPS) is 12.2. The van der Waals surface area contributed by atoms with Crippen molar-refractivity contribution in [1.82, 2.24) is 0 Å². The molecule has 110 valence electrons. The molecule has 0 saturated heterocycles. The molecule has 1 aromatic rings. The molecule has 0 amide bonds. The van der Waals surface area contributed by atoms with Crippen LogP contribution < -0.4 is 5.32 Å². The van der Waals surface area contributed by atoms with Crippen molar-refractivity contribution >= 4 is 5.69 Å². The Morgan fingerprint density at radius 2 is 2.20 bits per heavy atom. The van der Waals surface area contributed by atoms with E-state index in [-0.39, 0.29) is 0 Å². The van der Waals surface area contributed by atoms with Crippen LogP contribution in [0.4, 0.5) is 5.69 Å². The van der Waals surface area contributed by atoms with Crippen LogP contribution in [-0.2, 0) is 4.74 Å². The van der Waals surface area contributed by atoms with Gasteiger partial charge >= 0.3 is 0 Å². The third-order valence-corrected chi connectivity index (χ3v) is 2.91. The van der Waals surface area contributed by atoms with Crippen LogP contribution >= 0.6 is 0 Å². The minimum absolute atomic E-state index is 0.336. The highest BCUT2D eigenvalue weighted by molar-refractivity contribution is 5.49. The molecule has 0 fully saturated rings. The lowest BCUT2D eigenvalue weighted by Crippen LogP contribution is -2.25. The molecule has 4 nitrogen and oxygen atoms in total. The molecular weight excluding hydrogens is 252 g/mol. The largest absolute Gasteiger partial charge is 0.389 e. The highest BCUT2D eigenvalue weighted by Crippen LogP contribution is 2.09. The van der Waals surface area contributed by atoms with Crippen LogP contribution in [-0.4, -0.2) is 31.0 Å². The average molecular weight is 276 g/mol. The number of anilines is 1. The lowest BCUT2D eigenvalue weighted by Gasteiger charge is -2.13. The topological polar surface area (TPSA) is 65.3 Å². The van der Waals surface area contributed by atoms with E-state index in [2.05, 4.69) is 25.2 Å². The molecule has 1 rings (SSSR count). The molecule has 0 aromatic heterocycles. The zero-order valence-electron chi connectivity index (χ0n) is 12.3. The lowest BCUT2D eigenvalue weighted by atomic mass is 10.1. The highest BCUT2D eigenvalue weighted by atomic mass is 16.5. The number of aliphatic hydroxyl groups excluding tert-OH is 1. The molecule has 0 aliphatic carbocycles. The van der Waals surface area contributed by atoms with Crippen LogP contribution in [0, 0.1) is 17.2 Å². The number of nitriles is 1. The van der Waals surface area contributed by atoms with Crippen LogP contribution in [0.15, 0.2) is 24.3 Å². The first-order valence-corrected chi connectivity index (χ1v) is 7.11. The Balaban J connectivity index is 2.16. The summed E-state index contributed by atoms with van der Waals surface area (Å²) in [6.07, 6.45) is 1.64. The maximum absolute atomic E-state index is 9.79. The maximum Gasteiger partial charge on any atom is 0.0992 e. The fraction of sp³-hybridized carbons (Fsp3) is 0.562. The van der Waals surface area contributed by atoms with E-state index in [1.54, 1.807) is 12.1 Å². The van der Waals surface area contributed by atoms with Crippen molar-refractivity contribution in [2.45, 2.75) is 32.8 Å². The van der Waals surface area contributed by atoms with Gasteiger partial charge in [-0.05, 0) is 37.0 Å². The molecule has 0 radical (unpaired) electrons. The first-order chi connectivity index (χ1) is 9.61. The summed E-state index contributed by atoms with van der Waals surface area (Å²) in [5.41, 5.74) is 1.44. The Hall–Kier alpha value is -1.57. The molecule has 2 N–H and O–H groups in total. The van der Waals surface area contributed by atoms with Crippen LogP contribution in [0.5, 0.6) is 0 Å². The minimum atomic E-state index is -0.542. The molecule has 0 aliphatic heterocycles. The van der Waals surface area contributed by atoms with Gasteiger partial charge in [-0.15, -0.1) is 0 Å². The molecule has 20 heavy (non-hydrogen) atoms. The average Bonchev–Trinajstić information content (AvgIpc) is 2.44. The van der Waals surface area contributed by atoms with E-state index < -0.39 is 6.10 Å². The van der Waals surface area contributed by atoms with Crippen molar-refractivity contribution in [3.63, 3.8) is 0 Å². The predicted octanol–water partition coefficient (Wildman–Crippen LogP) is 2.78. The van der Waals surface area contributed by atoms with Crippen molar-refractivity contribution in [2.24, 2.45) is 5.92 Å². The first-order valence-electron chi connectivity index (χ1n) is 7.11. The van der Waals surface area contributed by atoms with Crippen molar-refractivity contribution in [3.8, 4) is 6.07 Å². The Kier molecular flexibility index (Phi) is 7.71. The molecule has 0 saturated carbocycles. The quantitative estimate of drug-likeness (QED) is 0.681. The lowest BCUT2D eigenvalue weighted by molar-refractivity contribution is 0.0409. The molecule has 1 unspecified atom stereocenters. The number of aliphatic hydroxyl groups is 1. The summed E-state index contributed by atoms with van der Waals surface area (Å²) in [6.45, 7) is 5.82. The summed E-state index contributed by atoms with van der Waals surface area (Å²) in [5, 5.41) is 21.7. The predicted molar refractivity (Wildman–Crippen MR) is 80.5 cm³/mol. The number of benzene rings is 1. The van der Waals surface area contributed by atoms with Crippen LogP contribution in [0.2, 0.25) is 0 Å². The fourth-order valence-electron chi connectivity index (χ4n) is 1.81. The van der Waals surface area contributed by atoms with Gasteiger partial charge in [0.05, 0.1) is 24.3 Å². The monoisotopic (exact) mass is 276 g/mol. The Morgan fingerprint density at radius 3 is 2.90 bits per heavy atom. The van der Waals surface area contributed by atoms with E-state index in [0.717, 1.165) is 18.5 Å². The molecule has 0 spiro atoms. The van der Waals surface area contributed by atoms with Gasteiger partial charge < -0.3 is 15.2 Å². The summed E-state index contributed by atoms with van der Waals surface area (Å²) >= 11 is 0. The second-order valence-electron chi connectivity index (χ2n) is 5.34. The van der Waals surface area contributed by atoms with Crippen LogP contribution in [0.1, 0.15) is 32.3 Å². The van der Waals surface area contributed by atoms with E-state index in [1.165, 1.54) is 0 Å². The van der Waals surface area contributed by atoms with Gasteiger partial charge in [-0.1, -0.05) is 19.9 Å². The van der Waals surface area contributed by atoms with Crippen molar-refractivity contribution in [1.29, 1.82) is 5.26 Å². The highest BCUT2D eigenvalue weighted by Gasteiger charge is 2.04. The van der Waals surface area contributed by atoms with Gasteiger partial charge in [0, 0.05) is 18.8 Å². The van der Waals surface area contributed by atoms with Gasteiger partial charge in [-0.3, -0.25) is 0 Å². The van der Waals surface area contributed by atoms with Crippen LogP contribution in [0.25, 0.3) is 0 Å². The fourth-order valence-corrected chi connectivity index (χ4v) is 1.81. The third kappa shape index (κ3) is 7.13. The number of hydrogen-bond donors (Lipinski definition) is 2. The van der Waals surface area contributed by atoms with Gasteiger partial charge in [0.25, 0.3) is 0 Å². The number of rotatable bonds is 9. The number of nitrogens with zero attached hydrogens (tertiary/aromatic N) is 1.